The molecule has 5 nitrogen and oxygen atoms in total. The molecule has 1 aliphatic heterocycles. The van der Waals surface area contributed by atoms with Crippen LogP contribution in [0.15, 0.2) is 43.0 Å². The van der Waals surface area contributed by atoms with Gasteiger partial charge in [-0.15, -0.1) is 0 Å². The van der Waals surface area contributed by atoms with Crippen LogP contribution < -0.4 is 5.32 Å². The van der Waals surface area contributed by atoms with Crippen molar-refractivity contribution < 1.29 is 4.79 Å². The van der Waals surface area contributed by atoms with Gasteiger partial charge in [-0.2, -0.15) is 0 Å². The number of aromatic nitrogens is 2. The lowest BCUT2D eigenvalue weighted by atomic mass is 9.92. The number of likely N-dealkylation sites (tertiary alicyclic amines) is 1. The minimum Gasteiger partial charge on any atom is -0.334 e. The first kappa shape index (κ1) is 16.6. The summed E-state index contributed by atoms with van der Waals surface area (Å²) < 4.78 is 2.04. The van der Waals surface area contributed by atoms with Crippen LogP contribution in [0.1, 0.15) is 31.4 Å². The molecule has 0 spiro atoms. The second kappa shape index (κ2) is 7.51. The lowest BCUT2D eigenvalue weighted by Crippen LogP contribution is -2.47. The van der Waals surface area contributed by atoms with Crippen LogP contribution in [0, 0.1) is 11.8 Å². The van der Waals surface area contributed by atoms with E-state index in [9.17, 15) is 4.79 Å². The number of nitrogens with one attached hydrogen (secondary N) is 1. The van der Waals surface area contributed by atoms with Crippen molar-refractivity contribution in [3.63, 3.8) is 0 Å². The third kappa shape index (κ3) is 4.37. The van der Waals surface area contributed by atoms with Crippen LogP contribution in [0.25, 0.3) is 0 Å². The Bertz CT molecular complexity index is 658. The fourth-order valence-corrected chi connectivity index (χ4v) is 3.55. The van der Waals surface area contributed by atoms with Crippen molar-refractivity contribution in [2.75, 3.05) is 13.1 Å². The first-order valence-electron chi connectivity index (χ1n) is 8.66. The largest absolute Gasteiger partial charge is 0.334 e. The number of hydrogen-bond donors (Lipinski definition) is 1. The van der Waals surface area contributed by atoms with Gasteiger partial charge in [0, 0.05) is 38.6 Å². The summed E-state index contributed by atoms with van der Waals surface area (Å²) in [6.45, 7) is 7.51. The van der Waals surface area contributed by atoms with Gasteiger partial charge >= 0.3 is 6.03 Å². The van der Waals surface area contributed by atoms with E-state index in [0.29, 0.717) is 18.4 Å². The quantitative estimate of drug-likeness (QED) is 0.938. The number of hydrogen-bond acceptors (Lipinski definition) is 2. The molecular weight excluding hydrogens is 300 g/mol. The van der Waals surface area contributed by atoms with Gasteiger partial charge in [0.15, 0.2) is 0 Å². The zero-order chi connectivity index (χ0) is 16.9. The van der Waals surface area contributed by atoms with Gasteiger partial charge in [0.2, 0.25) is 0 Å². The molecule has 1 aliphatic rings. The Kier molecular flexibility index (Phi) is 5.18. The summed E-state index contributed by atoms with van der Waals surface area (Å²) in [5.41, 5.74) is 2.33. The molecule has 0 bridgehead atoms. The number of nitrogens with zero attached hydrogens (tertiary/aromatic N) is 3. The standard InChI is InChI=1S/C19H26N4O/c1-15-8-16(2)12-23(11-15)19(24)21-10-17-4-3-5-18(9-17)13-22-7-6-20-14-22/h3-7,9,14-16H,8,10-13H2,1-2H3,(H,21,24). The van der Waals surface area contributed by atoms with Gasteiger partial charge < -0.3 is 14.8 Å². The van der Waals surface area contributed by atoms with E-state index in [-0.39, 0.29) is 6.03 Å². The second-order valence-electron chi connectivity index (χ2n) is 7.06. The number of urea groups is 1. The Morgan fingerprint density at radius 2 is 2.00 bits per heavy atom. The molecule has 2 amide bonds. The Morgan fingerprint density at radius 1 is 1.25 bits per heavy atom. The van der Waals surface area contributed by atoms with Crippen LogP contribution in [0.4, 0.5) is 4.79 Å². The van der Waals surface area contributed by atoms with Crippen molar-refractivity contribution in [3.05, 3.63) is 54.1 Å². The summed E-state index contributed by atoms with van der Waals surface area (Å²) >= 11 is 0. The minimum atomic E-state index is 0.0495. The Balaban J connectivity index is 1.55. The van der Waals surface area contributed by atoms with Gasteiger partial charge in [0.05, 0.1) is 6.33 Å². The second-order valence-corrected chi connectivity index (χ2v) is 7.06. The molecule has 1 aromatic carbocycles. The highest BCUT2D eigenvalue weighted by atomic mass is 16.2. The van der Waals surface area contributed by atoms with Gasteiger partial charge in [-0.05, 0) is 29.4 Å². The highest BCUT2D eigenvalue weighted by Gasteiger charge is 2.25. The Labute approximate surface area is 143 Å². The molecule has 2 heterocycles. The topological polar surface area (TPSA) is 50.2 Å². The molecule has 0 aliphatic carbocycles. The average molecular weight is 326 g/mol. The molecular formula is C19H26N4O. The van der Waals surface area contributed by atoms with Gasteiger partial charge in [-0.25, -0.2) is 9.78 Å². The molecule has 1 fully saturated rings. The Morgan fingerprint density at radius 3 is 2.71 bits per heavy atom. The van der Waals surface area contributed by atoms with Gasteiger partial charge in [0.1, 0.15) is 0 Å². The number of imidazole rings is 1. The molecule has 2 unspecified atom stereocenters. The van der Waals surface area contributed by atoms with Crippen LogP contribution in [0.3, 0.4) is 0 Å². The van der Waals surface area contributed by atoms with E-state index < -0.39 is 0 Å². The number of piperidine rings is 1. The monoisotopic (exact) mass is 326 g/mol. The summed E-state index contributed by atoms with van der Waals surface area (Å²) in [5.74, 6) is 1.16. The molecule has 128 valence electrons. The van der Waals surface area contributed by atoms with Crippen LogP contribution in [-0.2, 0) is 13.1 Å². The molecule has 5 heteroatoms. The molecule has 2 aromatic rings. The summed E-state index contributed by atoms with van der Waals surface area (Å²) in [6, 6.07) is 8.38. The molecule has 3 rings (SSSR count). The highest BCUT2D eigenvalue weighted by Crippen LogP contribution is 2.20. The predicted molar refractivity (Wildman–Crippen MR) is 94.5 cm³/mol. The molecule has 24 heavy (non-hydrogen) atoms. The number of benzene rings is 1. The summed E-state index contributed by atoms with van der Waals surface area (Å²) in [5, 5.41) is 3.06. The van der Waals surface area contributed by atoms with Crippen molar-refractivity contribution in [2.45, 2.75) is 33.4 Å². The normalized spacial score (nSPS) is 20.8. The maximum atomic E-state index is 12.4. The lowest BCUT2D eigenvalue weighted by Gasteiger charge is -2.34. The number of amides is 2. The first-order valence-corrected chi connectivity index (χ1v) is 8.66. The minimum absolute atomic E-state index is 0.0495. The molecule has 1 saturated heterocycles. The Hall–Kier alpha value is -2.30. The number of carbonyl (C=O) groups excluding carboxylic acids is 1. The van der Waals surface area contributed by atoms with Gasteiger partial charge in [-0.1, -0.05) is 38.1 Å². The maximum Gasteiger partial charge on any atom is 0.317 e. The third-order valence-corrected chi connectivity index (χ3v) is 4.52. The van der Waals surface area contributed by atoms with Crippen molar-refractivity contribution in [2.24, 2.45) is 11.8 Å². The maximum absolute atomic E-state index is 12.4. The summed E-state index contributed by atoms with van der Waals surface area (Å²) in [6.07, 6.45) is 6.75. The fourth-order valence-electron chi connectivity index (χ4n) is 3.55. The SMILES string of the molecule is CC1CC(C)CN(C(=O)NCc2cccc(Cn3ccnc3)c2)C1. The van der Waals surface area contributed by atoms with Crippen LogP contribution in [0.5, 0.6) is 0 Å². The molecule has 1 N–H and O–H groups in total. The number of rotatable bonds is 4. The summed E-state index contributed by atoms with van der Waals surface area (Å²) in [7, 11) is 0. The smallest absolute Gasteiger partial charge is 0.317 e. The number of carbonyl (C=O) groups is 1. The van der Waals surface area contributed by atoms with E-state index in [2.05, 4.69) is 42.3 Å². The molecule has 0 radical (unpaired) electrons. The van der Waals surface area contributed by atoms with E-state index in [1.54, 1.807) is 6.20 Å². The fraction of sp³-hybridized carbons (Fsp3) is 0.474. The predicted octanol–water partition coefficient (Wildman–Crippen LogP) is 3.12. The van der Waals surface area contributed by atoms with Crippen molar-refractivity contribution in [1.29, 1.82) is 0 Å². The highest BCUT2D eigenvalue weighted by molar-refractivity contribution is 5.74. The van der Waals surface area contributed by atoms with Crippen LogP contribution in [-0.4, -0.2) is 33.6 Å². The van der Waals surface area contributed by atoms with Gasteiger partial charge in [0.25, 0.3) is 0 Å². The lowest BCUT2D eigenvalue weighted by molar-refractivity contribution is 0.146. The zero-order valence-corrected chi connectivity index (χ0v) is 14.5. The van der Waals surface area contributed by atoms with E-state index in [0.717, 1.165) is 25.2 Å². The van der Waals surface area contributed by atoms with Crippen molar-refractivity contribution in [1.82, 2.24) is 19.8 Å². The van der Waals surface area contributed by atoms with Crippen LogP contribution >= 0.6 is 0 Å². The van der Waals surface area contributed by atoms with E-state index >= 15 is 0 Å². The van der Waals surface area contributed by atoms with Gasteiger partial charge in [-0.3, -0.25) is 0 Å². The molecule has 1 aromatic heterocycles. The molecule has 2 atom stereocenters. The zero-order valence-electron chi connectivity index (χ0n) is 14.5. The van der Waals surface area contributed by atoms with Crippen LogP contribution in [0.2, 0.25) is 0 Å². The van der Waals surface area contributed by atoms with Crippen molar-refractivity contribution >= 4 is 6.03 Å². The third-order valence-electron chi connectivity index (χ3n) is 4.52. The molecule has 0 saturated carbocycles. The first-order chi connectivity index (χ1) is 11.6. The van der Waals surface area contributed by atoms with E-state index in [1.807, 2.05) is 28.1 Å². The van der Waals surface area contributed by atoms with Crippen molar-refractivity contribution in [3.8, 4) is 0 Å². The summed E-state index contributed by atoms with van der Waals surface area (Å²) in [4.78, 5) is 18.4. The van der Waals surface area contributed by atoms with E-state index in [4.69, 9.17) is 0 Å². The van der Waals surface area contributed by atoms with E-state index in [1.165, 1.54) is 12.0 Å². The average Bonchev–Trinajstić information content (AvgIpc) is 3.05.